The average Bonchev–Trinajstić information content (AvgIpc) is 3.10. The summed E-state index contributed by atoms with van der Waals surface area (Å²) < 4.78 is 5.97. The summed E-state index contributed by atoms with van der Waals surface area (Å²) in [6, 6.07) is -0.818. The molecule has 0 radical (unpaired) electrons. The van der Waals surface area contributed by atoms with Crippen molar-refractivity contribution in [2.24, 2.45) is 0 Å². The number of hydrogen-bond donors (Lipinski definition) is 2. The van der Waals surface area contributed by atoms with Crippen LogP contribution in [0.15, 0.2) is 10.7 Å². The Bertz CT molecular complexity index is 532. The number of likely N-dealkylation sites (tertiary alicyclic amines) is 1. The normalized spacial score (nSPS) is 27.0. The van der Waals surface area contributed by atoms with E-state index in [0.29, 0.717) is 4.61 Å². The number of hydrogen-bond acceptors (Lipinski definition) is 5. The highest BCUT2D eigenvalue weighted by atomic mass is 79.9. The van der Waals surface area contributed by atoms with Gasteiger partial charge in [-0.05, 0) is 22.0 Å². The number of likely N-dealkylation sites (N-methyl/N-ethyl adjacent to an activating group) is 1. The molecule has 2 N–H and O–H groups in total. The van der Waals surface area contributed by atoms with Gasteiger partial charge in [0.15, 0.2) is 6.23 Å². The van der Waals surface area contributed by atoms with E-state index < -0.39 is 18.4 Å². The zero-order chi connectivity index (χ0) is 16.3. The third-order valence-electron chi connectivity index (χ3n) is 3.49. The SMILES string of the molecule is C#CCOC1CC(C(=O)N(C)[C@@H]2C=C(Br)NO2)N(C(=O)O)C1. The van der Waals surface area contributed by atoms with Crippen LogP contribution < -0.4 is 5.48 Å². The van der Waals surface area contributed by atoms with Gasteiger partial charge in [-0.15, -0.1) is 6.42 Å². The number of terminal acetylenes is 1. The molecule has 2 amide bonds. The largest absolute Gasteiger partial charge is 0.465 e. The molecule has 2 unspecified atom stereocenters. The number of nitrogens with zero attached hydrogens (tertiary/aromatic N) is 2. The molecule has 1 saturated heterocycles. The van der Waals surface area contributed by atoms with Crippen molar-refractivity contribution in [3.8, 4) is 12.3 Å². The number of carbonyl (C=O) groups excluding carboxylic acids is 1. The molecule has 0 aromatic rings. The number of nitrogens with one attached hydrogen (secondary N) is 1. The van der Waals surface area contributed by atoms with E-state index in [-0.39, 0.29) is 31.6 Å². The highest BCUT2D eigenvalue weighted by Gasteiger charge is 2.42. The smallest absolute Gasteiger partial charge is 0.408 e. The molecule has 0 aromatic heterocycles. The Kier molecular flexibility index (Phi) is 5.28. The van der Waals surface area contributed by atoms with E-state index in [9.17, 15) is 14.7 Å². The van der Waals surface area contributed by atoms with E-state index in [0.717, 1.165) is 4.90 Å². The Morgan fingerprint density at radius 3 is 3.00 bits per heavy atom. The van der Waals surface area contributed by atoms with Gasteiger partial charge in [-0.25, -0.2) is 9.63 Å². The molecule has 1 fully saturated rings. The second kappa shape index (κ2) is 7.00. The van der Waals surface area contributed by atoms with E-state index in [1.165, 1.54) is 4.90 Å². The van der Waals surface area contributed by atoms with E-state index in [2.05, 4.69) is 27.3 Å². The van der Waals surface area contributed by atoms with E-state index in [1.54, 1.807) is 13.1 Å². The Balaban J connectivity index is 2.06. The minimum Gasteiger partial charge on any atom is -0.465 e. The van der Waals surface area contributed by atoms with E-state index >= 15 is 0 Å². The lowest BCUT2D eigenvalue weighted by Gasteiger charge is -2.28. The number of hydroxylamine groups is 1. The maximum atomic E-state index is 12.5. The fourth-order valence-electron chi connectivity index (χ4n) is 2.39. The lowest BCUT2D eigenvalue weighted by Crippen LogP contribution is -2.49. The number of ether oxygens (including phenoxy) is 1. The quantitative estimate of drug-likeness (QED) is 0.544. The van der Waals surface area contributed by atoms with Crippen molar-refractivity contribution in [3.05, 3.63) is 10.7 Å². The Hall–Kier alpha value is -1.76. The molecule has 0 aliphatic carbocycles. The van der Waals surface area contributed by atoms with Crippen molar-refractivity contribution in [1.82, 2.24) is 15.3 Å². The van der Waals surface area contributed by atoms with Gasteiger partial charge in [0.25, 0.3) is 0 Å². The molecule has 0 saturated carbocycles. The van der Waals surface area contributed by atoms with Gasteiger partial charge in [0.1, 0.15) is 17.3 Å². The molecule has 0 aromatic carbocycles. The monoisotopic (exact) mass is 373 g/mol. The third kappa shape index (κ3) is 3.52. The molecule has 2 aliphatic heterocycles. The van der Waals surface area contributed by atoms with Crippen LogP contribution in [0.2, 0.25) is 0 Å². The summed E-state index contributed by atoms with van der Waals surface area (Å²) in [4.78, 5) is 31.5. The highest BCUT2D eigenvalue weighted by molar-refractivity contribution is 9.11. The summed E-state index contributed by atoms with van der Waals surface area (Å²) >= 11 is 3.20. The van der Waals surface area contributed by atoms with Crippen LogP contribution >= 0.6 is 15.9 Å². The predicted octanol–water partition coefficient (Wildman–Crippen LogP) is 0.313. The average molecular weight is 374 g/mol. The molecule has 9 heteroatoms. The van der Waals surface area contributed by atoms with Crippen LogP contribution in [0.1, 0.15) is 6.42 Å². The van der Waals surface area contributed by atoms with Crippen LogP contribution in [0.5, 0.6) is 0 Å². The molecule has 8 nitrogen and oxygen atoms in total. The number of rotatable bonds is 4. The van der Waals surface area contributed by atoms with Gasteiger partial charge in [-0.3, -0.25) is 15.2 Å². The Morgan fingerprint density at radius 2 is 2.45 bits per heavy atom. The van der Waals surface area contributed by atoms with Gasteiger partial charge < -0.3 is 14.7 Å². The van der Waals surface area contributed by atoms with Crippen LogP contribution in [0, 0.1) is 12.3 Å². The molecule has 0 spiro atoms. The molecule has 0 bridgehead atoms. The summed E-state index contributed by atoms with van der Waals surface area (Å²) in [6.45, 7) is 0.199. The van der Waals surface area contributed by atoms with Crippen molar-refractivity contribution in [1.29, 1.82) is 0 Å². The van der Waals surface area contributed by atoms with Crippen LogP contribution in [0.3, 0.4) is 0 Å². The van der Waals surface area contributed by atoms with Gasteiger partial charge in [-0.2, -0.15) is 0 Å². The first-order chi connectivity index (χ1) is 10.4. The summed E-state index contributed by atoms with van der Waals surface area (Å²) in [5, 5.41) is 9.26. The summed E-state index contributed by atoms with van der Waals surface area (Å²) in [5.74, 6) is 1.97. The minimum absolute atomic E-state index is 0.0835. The van der Waals surface area contributed by atoms with Crippen molar-refractivity contribution in [3.63, 3.8) is 0 Å². The zero-order valence-electron chi connectivity index (χ0n) is 11.9. The fourth-order valence-corrected chi connectivity index (χ4v) is 2.71. The molecule has 2 heterocycles. The van der Waals surface area contributed by atoms with Gasteiger partial charge in [-0.1, -0.05) is 5.92 Å². The molecule has 120 valence electrons. The first kappa shape index (κ1) is 16.6. The zero-order valence-corrected chi connectivity index (χ0v) is 13.4. The maximum Gasteiger partial charge on any atom is 0.408 e. The first-order valence-corrected chi connectivity index (χ1v) is 7.33. The maximum absolute atomic E-state index is 12.5. The standard InChI is InChI=1S/C13H16BrN3O5/c1-3-4-21-8-5-9(17(7-8)13(19)20)12(18)16(2)11-6-10(14)15-22-11/h1,6,8-9,11,15H,4-5,7H2,2H3,(H,19,20)/t8?,9?,11-/m0/s1. The third-order valence-corrected chi connectivity index (χ3v) is 3.92. The number of carboxylic acid groups (broad SMARTS) is 1. The Labute approximate surface area is 136 Å². The molecule has 2 rings (SSSR count). The van der Waals surface area contributed by atoms with E-state index in [1.807, 2.05) is 0 Å². The van der Waals surface area contributed by atoms with Crippen molar-refractivity contribution >= 4 is 27.9 Å². The van der Waals surface area contributed by atoms with Gasteiger partial charge in [0, 0.05) is 13.5 Å². The molecule has 3 atom stereocenters. The molecule has 2 aliphatic rings. The lowest BCUT2D eigenvalue weighted by molar-refractivity contribution is -0.145. The summed E-state index contributed by atoms with van der Waals surface area (Å²) in [5.41, 5.74) is 2.57. The molecular formula is C13H16BrN3O5. The lowest BCUT2D eigenvalue weighted by atomic mass is 10.1. The summed E-state index contributed by atoms with van der Waals surface area (Å²) in [7, 11) is 1.55. The topological polar surface area (TPSA) is 91.3 Å². The van der Waals surface area contributed by atoms with Crippen LogP contribution in [0.4, 0.5) is 4.79 Å². The summed E-state index contributed by atoms with van der Waals surface area (Å²) in [6.07, 6.45) is 4.88. The fraction of sp³-hybridized carbons (Fsp3) is 0.538. The molecule has 22 heavy (non-hydrogen) atoms. The van der Waals surface area contributed by atoms with Crippen LogP contribution in [0.25, 0.3) is 0 Å². The van der Waals surface area contributed by atoms with E-state index in [4.69, 9.17) is 16.0 Å². The second-order valence-corrected chi connectivity index (χ2v) is 5.75. The predicted molar refractivity (Wildman–Crippen MR) is 79.5 cm³/mol. The van der Waals surface area contributed by atoms with Gasteiger partial charge in [0.2, 0.25) is 5.91 Å². The number of carbonyl (C=O) groups is 2. The Morgan fingerprint density at radius 1 is 1.73 bits per heavy atom. The first-order valence-electron chi connectivity index (χ1n) is 6.54. The highest BCUT2D eigenvalue weighted by Crippen LogP contribution is 2.24. The second-order valence-electron chi connectivity index (χ2n) is 4.90. The number of amides is 2. The van der Waals surface area contributed by atoms with Crippen LogP contribution in [-0.2, 0) is 14.4 Å². The van der Waals surface area contributed by atoms with Crippen LogP contribution in [-0.4, -0.2) is 65.5 Å². The van der Waals surface area contributed by atoms with Crippen molar-refractivity contribution in [2.45, 2.75) is 24.8 Å². The van der Waals surface area contributed by atoms with Crippen molar-refractivity contribution in [2.75, 3.05) is 20.2 Å². The number of halogens is 1. The van der Waals surface area contributed by atoms with Gasteiger partial charge in [0.05, 0.1) is 12.6 Å². The minimum atomic E-state index is -1.17. The van der Waals surface area contributed by atoms with Gasteiger partial charge >= 0.3 is 6.09 Å². The van der Waals surface area contributed by atoms with Crippen molar-refractivity contribution < 1.29 is 24.3 Å². The molecular weight excluding hydrogens is 358 g/mol.